The van der Waals surface area contributed by atoms with Crippen LogP contribution < -0.4 is 0 Å². The molecule has 0 radical (unpaired) electrons. The topological polar surface area (TPSA) is 37.3 Å². The first kappa shape index (κ1) is 15.2. The van der Waals surface area contributed by atoms with Crippen molar-refractivity contribution in [2.75, 3.05) is 0 Å². The number of hydrogen-bond donors (Lipinski definition) is 1. The molecular weight excluding hydrogens is 272 g/mol. The van der Waals surface area contributed by atoms with E-state index in [1.165, 1.54) is 25.7 Å². The predicted octanol–water partition coefficient (Wildman–Crippen LogP) is 4.21. The van der Waals surface area contributed by atoms with Gasteiger partial charge in [-0.15, -0.1) is 0 Å². The lowest BCUT2D eigenvalue weighted by Crippen LogP contribution is -2.56. The summed E-state index contributed by atoms with van der Waals surface area (Å²) in [6.45, 7) is 11.9. The monoisotopic (exact) mass is 304 g/mol. The highest BCUT2D eigenvalue weighted by Gasteiger charge is 2.76. The number of carbonyl (C=O) groups is 1. The smallest absolute Gasteiger partial charge is 0.141 e. The van der Waals surface area contributed by atoms with E-state index in [1.807, 2.05) is 0 Å². The summed E-state index contributed by atoms with van der Waals surface area (Å²) in [5, 5.41) is 10.6. The van der Waals surface area contributed by atoms with Crippen LogP contribution in [0.5, 0.6) is 0 Å². The second kappa shape index (κ2) is 3.99. The molecule has 4 fully saturated rings. The van der Waals surface area contributed by atoms with Crippen LogP contribution in [-0.4, -0.2) is 17.0 Å². The molecule has 22 heavy (non-hydrogen) atoms. The molecule has 1 N–H and O–H groups in total. The molecule has 0 aromatic rings. The van der Waals surface area contributed by atoms with Gasteiger partial charge >= 0.3 is 0 Å². The summed E-state index contributed by atoms with van der Waals surface area (Å²) in [4.78, 5) is 12.9. The van der Waals surface area contributed by atoms with Crippen molar-refractivity contribution >= 4 is 5.78 Å². The molecule has 124 valence electrons. The number of ketones is 1. The second-order valence-corrected chi connectivity index (χ2v) is 10.3. The lowest BCUT2D eigenvalue weighted by atomic mass is 9.49. The summed E-state index contributed by atoms with van der Waals surface area (Å²) >= 11 is 0. The summed E-state index contributed by atoms with van der Waals surface area (Å²) in [6.07, 6.45) is 6.00. The van der Waals surface area contributed by atoms with E-state index in [1.54, 1.807) is 0 Å². The van der Waals surface area contributed by atoms with Gasteiger partial charge in [0, 0.05) is 11.8 Å². The number of carbonyl (C=O) groups excluding carboxylic acids is 1. The molecule has 4 aliphatic carbocycles. The second-order valence-electron chi connectivity index (χ2n) is 10.3. The molecule has 0 heterocycles. The van der Waals surface area contributed by atoms with Gasteiger partial charge in [0.1, 0.15) is 5.78 Å². The van der Waals surface area contributed by atoms with E-state index >= 15 is 0 Å². The molecule has 1 spiro atoms. The highest BCUT2D eigenvalue weighted by molar-refractivity contribution is 5.87. The van der Waals surface area contributed by atoms with Gasteiger partial charge in [-0.3, -0.25) is 4.79 Å². The molecule has 0 amide bonds. The normalized spacial score (nSPS) is 59.3. The molecular formula is C20H32O2. The van der Waals surface area contributed by atoms with E-state index < -0.39 is 6.10 Å². The van der Waals surface area contributed by atoms with Gasteiger partial charge in [0.2, 0.25) is 0 Å². The largest absolute Gasteiger partial charge is 0.392 e. The average molecular weight is 304 g/mol. The minimum Gasteiger partial charge on any atom is -0.392 e. The van der Waals surface area contributed by atoms with Crippen molar-refractivity contribution in [3.63, 3.8) is 0 Å². The summed E-state index contributed by atoms with van der Waals surface area (Å²) < 4.78 is 0. The molecule has 0 aromatic heterocycles. The molecule has 0 saturated heterocycles. The van der Waals surface area contributed by atoms with Crippen molar-refractivity contribution in [2.24, 2.45) is 39.4 Å². The lowest BCUT2D eigenvalue weighted by Gasteiger charge is -2.54. The van der Waals surface area contributed by atoms with Crippen molar-refractivity contribution in [1.29, 1.82) is 0 Å². The summed E-state index contributed by atoms with van der Waals surface area (Å²) in [7, 11) is 0. The Kier molecular flexibility index (Phi) is 2.75. The number of hydrogen-bond acceptors (Lipinski definition) is 2. The van der Waals surface area contributed by atoms with Crippen molar-refractivity contribution in [3.8, 4) is 0 Å². The maximum atomic E-state index is 12.9. The first-order chi connectivity index (χ1) is 10.1. The Morgan fingerprint density at radius 3 is 2.45 bits per heavy atom. The Morgan fingerprint density at radius 1 is 1.09 bits per heavy atom. The molecule has 0 unspecified atom stereocenters. The van der Waals surface area contributed by atoms with E-state index in [0.717, 1.165) is 12.3 Å². The minimum absolute atomic E-state index is 0.0544. The Labute approximate surface area is 135 Å². The fourth-order valence-corrected chi connectivity index (χ4v) is 8.23. The SMILES string of the molecule is C[C@H]1[C@@H](O)CC(=O)[C@]2(C)CC[C@H]3[C@@H]4C(C)(C)CC[C@]4(C)C[C@]132. The average Bonchev–Trinajstić information content (AvgIpc) is 2.94. The zero-order valence-electron chi connectivity index (χ0n) is 14.9. The molecule has 0 aromatic carbocycles. The lowest BCUT2D eigenvalue weighted by molar-refractivity contribution is -0.158. The van der Waals surface area contributed by atoms with Gasteiger partial charge in [-0.1, -0.05) is 34.6 Å². The predicted molar refractivity (Wildman–Crippen MR) is 87.3 cm³/mol. The summed E-state index contributed by atoms with van der Waals surface area (Å²) in [5.74, 6) is 1.97. The van der Waals surface area contributed by atoms with Crippen LogP contribution in [0, 0.1) is 39.4 Å². The van der Waals surface area contributed by atoms with Gasteiger partial charge in [-0.2, -0.15) is 0 Å². The van der Waals surface area contributed by atoms with Crippen LogP contribution in [0.15, 0.2) is 0 Å². The van der Waals surface area contributed by atoms with Crippen LogP contribution in [0.1, 0.15) is 73.1 Å². The van der Waals surface area contributed by atoms with E-state index in [9.17, 15) is 9.90 Å². The van der Waals surface area contributed by atoms with Crippen LogP contribution in [0.25, 0.3) is 0 Å². The molecule has 4 aliphatic rings. The number of rotatable bonds is 0. The number of aliphatic hydroxyl groups excluding tert-OH is 1. The Balaban J connectivity index is 1.89. The maximum absolute atomic E-state index is 12.9. The number of Topliss-reactive ketones (excluding diaryl/α,β-unsaturated/α-hetero) is 1. The third-order valence-corrected chi connectivity index (χ3v) is 9.08. The zero-order valence-corrected chi connectivity index (χ0v) is 14.9. The van der Waals surface area contributed by atoms with E-state index in [0.29, 0.717) is 29.0 Å². The molecule has 2 nitrogen and oxygen atoms in total. The fraction of sp³-hybridized carbons (Fsp3) is 0.950. The van der Waals surface area contributed by atoms with Crippen LogP contribution in [0.4, 0.5) is 0 Å². The van der Waals surface area contributed by atoms with Crippen molar-refractivity contribution in [1.82, 2.24) is 0 Å². The Bertz CT molecular complexity index is 538. The third kappa shape index (κ3) is 1.41. The first-order valence-electron chi connectivity index (χ1n) is 9.30. The molecule has 0 aliphatic heterocycles. The zero-order chi connectivity index (χ0) is 16.1. The van der Waals surface area contributed by atoms with Crippen LogP contribution in [0.3, 0.4) is 0 Å². The van der Waals surface area contributed by atoms with E-state index in [4.69, 9.17) is 0 Å². The fourth-order valence-electron chi connectivity index (χ4n) is 8.23. The molecule has 7 atom stereocenters. The summed E-state index contributed by atoms with van der Waals surface area (Å²) in [5.41, 5.74) is 0.638. The Hall–Kier alpha value is -0.370. The molecule has 4 saturated carbocycles. The Morgan fingerprint density at radius 2 is 1.77 bits per heavy atom. The van der Waals surface area contributed by atoms with Gasteiger partial charge in [-0.25, -0.2) is 0 Å². The van der Waals surface area contributed by atoms with Crippen LogP contribution in [-0.2, 0) is 4.79 Å². The molecule has 0 bridgehead atoms. The number of aliphatic hydroxyl groups is 1. The molecule has 2 heteroatoms. The standard InChI is InChI=1S/C20H32O2/c1-12-14(21)10-15(22)19(5)7-6-13-16-17(2,3)8-9-18(16,4)11-20(12,13)19/h12-14,16,21H,6-11H2,1-5H3/t12-,13-,14-,16+,18+,19-,20-/m0/s1. The van der Waals surface area contributed by atoms with Crippen molar-refractivity contribution < 1.29 is 9.90 Å². The van der Waals surface area contributed by atoms with Gasteiger partial charge in [0.25, 0.3) is 0 Å². The van der Waals surface area contributed by atoms with Gasteiger partial charge < -0.3 is 5.11 Å². The van der Waals surface area contributed by atoms with Crippen LogP contribution >= 0.6 is 0 Å². The van der Waals surface area contributed by atoms with Gasteiger partial charge in [-0.05, 0) is 66.1 Å². The van der Waals surface area contributed by atoms with E-state index in [2.05, 4.69) is 34.6 Å². The minimum atomic E-state index is -0.424. The number of fused-ring (bicyclic) bond motifs is 2. The first-order valence-corrected chi connectivity index (χ1v) is 9.30. The van der Waals surface area contributed by atoms with Crippen LogP contribution in [0.2, 0.25) is 0 Å². The van der Waals surface area contributed by atoms with E-state index in [-0.39, 0.29) is 16.7 Å². The highest BCUT2D eigenvalue weighted by atomic mass is 16.3. The highest BCUT2D eigenvalue weighted by Crippen LogP contribution is 2.80. The summed E-state index contributed by atoms with van der Waals surface area (Å²) in [6, 6.07) is 0. The van der Waals surface area contributed by atoms with Crippen molar-refractivity contribution in [3.05, 3.63) is 0 Å². The molecule has 4 rings (SSSR count). The third-order valence-electron chi connectivity index (χ3n) is 9.08. The van der Waals surface area contributed by atoms with Gasteiger partial charge in [0.15, 0.2) is 0 Å². The maximum Gasteiger partial charge on any atom is 0.141 e. The quantitative estimate of drug-likeness (QED) is 0.728. The van der Waals surface area contributed by atoms with Crippen molar-refractivity contribution in [2.45, 2.75) is 79.2 Å². The van der Waals surface area contributed by atoms with Gasteiger partial charge in [0.05, 0.1) is 6.10 Å².